The van der Waals surface area contributed by atoms with Gasteiger partial charge in [0.2, 0.25) is 11.8 Å². The Kier molecular flexibility index (Phi) is 7.05. The van der Waals surface area contributed by atoms with Crippen molar-refractivity contribution >= 4 is 40.2 Å². The van der Waals surface area contributed by atoms with E-state index in [1.807, 2.05) is 49.7 Å². The number of anilines is 1. The maximum absolute atomic E-state index is 13.6. The number of benzene rings is 2. The number of carbonyl (C=O) groups is 2. The van der Waals surface area contributed by atoms with Gasteiger partial charge in [0.1, 0.15) is 11.9 Å². The molecule has 1 aliphatic rings. The van der Waals surface area contributed by atoms with Crippen molar-refractivity contribution < 1.29 is 18.7 Å². The van der Waals surface area contributed by atoms with Crippen LogP contribution >= 0.6 is 11.8 Å². The number of thioether (sulfide) groups is 1. The van der Waals surface area contributed by atoms with Crippen molar-refractivity contribution in [3.8, 4) is 0 Å². The highest BCUT2D eigenvalue weighted by atomic mass is 32.2. The van der Waals surface area contributed by atoms with Gasteiger partial charge in [-0.15, -0.1) is 0 Å². The Morgan fingerprint density at radius 3 is 2.67 bits per heavy atom. The van der Waals surface area contributed by atoms with Crippen LogP contribution in [0.2, 0.25) is 0 Å². The van der Waals surface area contributed by atoms with Gasteiger partial charge in [0, 0.05) is 42.4 Å². The summed E-state index contributed by atoms with van der Waals surface area (Å²) in [6, 6.07) is 12.7. The van der Waals surface area contributed by atoms with Crippen LogP contribution in [0, 0.1) is 5.82 Å². The van der Waals surface area contributed by atoms with E-state index in [1.165, 1.54) is 28.8 Å². The Hall–Kier alpha value is -2.84. The molecule has 0 fully saturated rings. The summed E-state index contributed by atoms with van der Waals surface area (Å²) in [6.07, 6.45) is 0.794. The molecular formula is C25H28FN3O3S. The molecule has 33 heavy (non-hydrogen) atoms. The first-order valence-electron chi connectivity index (χ1n) is 11.1. The molecule has 2 aromatic carbocycles. The maximum Gasteiger partial charge on any atom is 0.247 e. The summed E-state index contributed by atoms with van der Waals surface area (Å²) in [4.78, 5) is 28.4. The molecule has 0 radical (unpaired) electrons. The van der Waals surface area contributed by atoms with Crippen LogP contribution in [0.3, 0.4) is 0 Å². The normalized spacial score (nSPS) is 16.2. The zero-order valence-corrected chi connectivity index (χ0v) is 19.8. The van der Waals surface area contributed by atoms with Crippen LogP contribution in [0.25, 0.3) is 10.9 Å². The summed E-state index contributed by atoms with van der Waals surface area (Å²) >= 11 is 1.43. The monoisotopic (exact) mass is 469 g/mol. The third kappa shape index (κ3) is 4.77. The van der Waals surface area contributed by atoms with E-state index in [0.717, 1.165) is 21.5 Å². The number of aryl methyl sites for hydroxylation is 1. The molecule has 2 heterocycles. The highest BCUT2D eigenvalue weighted by molar-refractivity contribution is 8.00. The third-order valence-corrected chi connectivity index (χ3v) is 6.81. The molecule has 1 N–H and O–H groups in total. The molecule has 1 aliphatic heterocycles. The number of fused-ring (bicyclic) bond motifs is 3. The van der Waals surface area contributed by atoms with E-state index in [0.29, 0.717) is 25.3 Å². The summed E-state index contributed by atoms with van der Waals surface area (Å²) in [7, 11) is 1.95. The largest absolute Gasteiger partial charge is 0.379 e. The van der Waals surface area contributed by atoms with Gasteiger partial charge in [0.15, 0.2) is 0 Å². The van der Waals surface area contributed by atoms with Crippen LogP contribution in [0.5, 0.6) is 0 Å². The number of halogens is 1. The minimum absolute atomic E-state index is 0.129. The number of nitrogens with one attached hydrogen (secondary N) is 1. The van der Waals surface area contributed by atoms with Gasteiger partial charge in [0.05, 0.1) is 16.9 Å². The molecular weight excluding hydrogens is 441 g/mol. The van der Waals surface area contributed by atoms with E-state index in [2.05, 4.69) is 5.32 Å². The van der Waals surface area contributed by atoms with Crippen molar-refractivity contribution in [3.05, 3.63) is 59.9 Å². The van der Waals surface area contributed by atoms with Crippen LogP contribution < -0.4 is 10.2 Å². The lowest BCUT2D eigenvalue weighted by molar-refractivity contribution is -0.125. The molecule has 0 bridgehead atoms. The Balaban J connectivity index is 1.76. The Morgan fingerprint density at radius 1 is 1.21 bits per heavy atom. The van der Waals surface area contributed by atoms with Gasteiger partial charge in [-0.05, 0) is 50.6 Å². The van der Waals surface area contributed by atoms with Gasteiger partial charge < -0.3 is 14.6 Å². The third-order valence-electron chi connectivity index (χ3n) is 5.65. The van der Waals surface area contributed by atoms with Gasteiger partial charge >= 0.3 is 0 Å². The summed E-state index contributed by atoms with van der Waals surface area (Å²) in [5, 5.41) is 4.81. The van der Waals surface area contributed by atoms with Crippen LogP contribution in [-0.2, 0) is 21.4 Å². The highest BCUT2D eigenvalue weighted by Crippen LogP contribution is 2.43. The minimum Gasteiger partial charge on any atom is -0.379 e. The summed E-state index contributed by atoms with van der Waals surface area (Å²) in [5.74, 6) is -0.680. The molecule has 2 amide bonds. The predicted molar refractivity (Wildman–Crippen MR) is 129 cm³/mol. The fourth-order valence-corrected chi connectivity index (χ4v) is 5.22. The zero-order valence-electron chi connectivity index (χ0n) is 19.0. The van der Waals surface area contributed by atoms with Crippen molar-refractivity contribution in [1.82, 2.24) is 9.88 Å². The average molecular weight is 470 g/mol. The number of aromatic nitrogens is 1. The molecule has 1 atom stereocenters. The molecule has 1 aromatic heterocycles. The molecule has 0 saturated carbocycles. The van der Waals surface area contributed by atoms with Crippen molar-refractivity contribution in [2.75, 3.05) is 23.8 Å². The van der Waals surface area contributed by atoms with E-state index in [9.17, 15) is 14.0 Å². The highest BCUT2D eigenvalue weighted by Gasteiger charge is 2.39. The van der Waals surface area contributed by atoms with Gasteiger partial charge in [-0.1, -0.05) is 30.0 Å². The van der Waals surface area contributed by atoms with E-state index < -0.39 is 11.9 Å². The lowest BCUT2D eigenvalue weighted by Crippen LogP contribution is -2.44. The standard InChI is InChI=1S/C25H28FN3O3S/c1-16(2)32-14-6-13-27-24(31)23-22-19-7-4-5-8-20(19)28(3)25(22)33-15-21(30)29(23)18-11-9-17(26)10-12-18/h4-5,7-12,16,23H,6,13-15H2,1-3H3,(H,27,31)/t23-/m0/s1. The molecule has 3 aromatic rings. The lowest BCUT2D eigenvalue weighted by atomic mass is 10.0. The first-order valence-corrected chi connectivity index (χ1v) is 12.0. The Morgan fingerprint density at radius 2 is 1.94 bits per heavy atom. The van der Waals surface area contributed by atoms with Crippen molar-refractivity contribution in [1.29, 1.82) is 0 Å². The molecule has 0 unspecified atom stereocenters. The lowest BCUT2D eigenvalue weighted by Gasteiger charge is -2.30. The second-order valence-electron chi connectivity index (χ2n) is 8.29. The Labute approximate surface area is 197 Å². The number of hydrogen-bond acceptors (Lipinski definition) is 4. The molecule has 0 saturated heterocycles. The summed E-state index contributed by atoms with van der Waals surface area (Å²) in [6.45, 7) is 4.91. The SMILES string of the molecule is CC(C)OCCCNC(=O)[C@@H]1c2c(n(C)c3ccccc23)SCC(=O)N1c1ccc(F)cc1. The number of rotatable bonds is 7. The van der Waals surface area contributed by atoms with Gasteiger partial charge in [-0.3, -0.25) is 14.5 Å². The smallest absolute Gasteiger partial charge is 0.247 e. The molecule has 174 valence electrons. The average Bonchev–Trinajstić information content (AvgIpc) is 2.97. The van der Waals surface area contributed by atoms with Crippen LogP contribution in [0.1, 0.15) is 31.9 Å². The molecule has 8 heteroatoms. The topological polar surface area (TPSA) is 63.6 Å². The fourth-order valence-electron chi connectivity index (χ4n) is 4.15. The first-order chi connectivity index (χ1) is 15.9. The number of hydrogen-bond donors (Lipinski definition) is 1. The fraction of sp³-hybridized carbons (Fsp3) is 0.360. The second kappa shape index (κ2) is 9.97. The maximum atomic E-state index is 13.6. The van der Waals surface area contributed by atoms with Gasteiger partial charge in [0.25, 0.3) is 0 Å². The van der Waals surface area contributed by atoms with Crippen molar-refractivity contribution in [2.24, 2.45) is 7.05 Å². The van der Waals surface area contributed by atoms with Crippen molar-refractivity contribution in [3.63, 3.8) is 0 Å². The van der Waals surface area contributed by atoms with Gasteiger partial charge in [-0.25, -0.2) is 4.39 Å². The quantitative estimate of drug-likeness (QED) is 0.520. The number of ether oxygens (including phenoxy) is 1. The van der Waals surface area contributed by atoms with E-state index >= 15 is 0 Å². The van der Waals surface area contributed by atoms with Crippen LogP contribution in [0.4, 0.5) is 10.1 Å². The van der Waals surface area contributed by atoms with E-state index in [-0.39, 0.29) is 23.7 Å². The van der Waals surface area contributed by atoms with Gasteiger partial charge in [-0.2, -0.15) is 0 Å². The minimum atomic E-state index is -0.870. The number of amides is 2. The second-order valence-corrected chi connectivity index (χ2v) is 9.25. The van der Waals surface area contributed by atoms with E-state index in [1.54, 1.807) is 12.1 Å². The van der Waals surface area contributed by atoms with Crippen LogP contribution in [0.15, 0.2) is 53.6 Å². The molecule has 0 spiro atoms. The first kappa shape index (κ1) is 23.3. The molecule has 4 rings (SSSR count). The zero-order chi connectivity index (χ0) is 23.5. The molecule has 6 nitrogen and oxygen atoms in total. The molecule has 0 aliphatic carbocycles. The number of carbonyl (C=O) groups excluding carboxylic acids is 2. The Bertz CT molecular complexity index is 1160. The predicted octanol–water partition coefficient (Wildman–Crippen LogP) is 4.43. The summed E-state index contributed by atoms with van der Waals surface area (Å²) in [5.41, 5.74) is 2.28. The van der Waals surface area contributed by atoms with Crippen molar-refractivity contribution in [2.45, 2.75) is 37.4 Å². The number of para-hydroxylation sites is 1. The van der Waals surface area contributed by atoms with Crippen LogP contribution in [-0.4, -0.2) is 41.4 Å². The summed E-state index contributed by atoms with van der Waals surface area (Å²) < 4.78 is 21.2. The number of nitrogens with zero attached hydrogens (tertiary/aromatic N) is 2. The van der Waals surface area contributed by atoms with E-state index in [4.69, 9.17) is 4.74 Å².